The number of fused-ring (bicyclic) bond motifs is 1. The van der Waals surface area contributed by atoms with Gasteiger partial charge in [-0.05, 0) is 37.1 Å². The van der Waals surface area contributed by atoms with Crippen molar-refractivity contribution in [3.05, 3.63) is 65.2 Å². The molecule has 1 nitrogen and oxygen atoms in total. The number of hydrogen-bond donors (Lipinski definition) is 1. The molecule has 2 aromatic carbocycles. The van der Waals surface area contributed by atoms with Gasteiger partial charge in [0.25, 0.3) is 0 Å². The van der Waals surface area contributed by atoms with Crippen LogP contribution in [0.2, 0.25) is 0 Å². The third-order valence-electron chi connectivity index (χ3n) is 4.27. The smallest absolute Gasteiger partial charge is 0.0184 e. The van der Waals surface area contributed by atoms with Crippen LogP contribution in [0.5, 0.6) is 0 Å². The van der Waals surface area contributed by atoms with E-state index in [1.165, 1.54) is 27.3 Å². The summed E-state index contributed by atoms with van der Waals surface area (Å²) in [6.45, 7) is 5.38. The third kappa shape index (κ3) is 3.33. The molecule has 0 spiro atoms. The van der Waals surface area contributed by atoms with Gasteiger partial charge in [0.2, 0.25) is 0 Å². The Labute approximate surface area is 132 Å². The molecular weight excluding hydrogens is 274 g/mol. The van der Waals surface area contributed by atoms with E-state index in [-0.39, 0.29) is 0 Å². The predicted octanol–water partition coefficient (Wildman–Crippen LogP) is 4.41. The third-order valence-corrected chi connectivity index (χ3v) is 5.47. The summed E-state index contributed by atoms with van der Waals surface area (Å²) in [6, 6.07) is 18.4. The summed E-state index contributed by atoms with van der Waals surface area (Å²) >= 11 is 2.00. The molecule has 3 rings (SSSR count). The van der Waals surface area contributed by atoms with Crippen LogP contribution in [0.3, 0.4) is 0 Å². The second kappa shape index (κ2) is 6.67. The van der Waals surface area contributed by atoms with E-state index in [4.69, 9.17) is 0 Å². The van der Waals surface area contributed by atoms with Crippen LogP contribution in [0.1, 0.15) is 29.5 Å². The first kappa shape index (κ1) is 14.7. The minimum absolute atomic E-state index is 0.522. The molecule has 0 aliphatic carbocycles. The average molecular weight is 297 g/mol. The molecule has 0 radical (unpaired) electrons. The maximum absolute atomic E-state index is 3.72. The Bertz CT molecular complexity index is 591. The first-order valence-corrected chi connectivity index (χ1v) is 8.77. The van der Waals surface area contributed by atoms with Crippen molar-refractivity contribution >= 4 is 11.8 Å². The maximum atomic E-state index is 3.72. The van der Waals surface area contributed by atoms with Gasteiger partial charge in [-0.1, -0.05) is 55.0 Å². The van der Waals surface area contributed by atoms with Gasteiger partial charge in [-0.3, -0.25) is 0 Å². The van der Waals surface area contributed by atoms with Gasteiger partial charge in [0.05, 0.1) is 0 Å². The predicted molar refractivity (Wildman–Crippen MR) is 92.3 cm³/mol. The fraction of sp³-hybridized carbons (Fsp3) is 0.368. The molecule has 2 atom stereocenters. The molecule has 0 amide bonds. The molecule has 0 saturated heterocycles. The Balaban J connectivity index is 1.80. The molecule has 0 saturated carbocycles. The van der Waals surface area contributed by atoms with Crippen LogP contribution in [0.4, 0.5) is 0 Å². The quantitative estimate of drug-likeness (QED) is 0.877. The molecule has 0 fully saturated rings. The number of rotatable bonds is 5. The average Bonchev–Trinajstić information content (AvgIpc) is 2.93. The van der Waals surface area contributed by atoms with E-state index >= 15 is 0 Å². The highest BCUT2D eigenvalue weighted by molar-refractivity contribution is 7.99. The van der Waals surface area contributed by atoms with E-state index < -0.39 is 0 Å². The molecule has 2 heteroatoms. The molecular formula is C19H23NS. The molecule has 110 valence electrons. The first-order valence-electron chi connectivity index (χ1n) is 7.78. The van der Waals surface area contributed by atoms with Crippen LogP contribution in [0, 0.1) is 6.92 Å². The van der Waals surface area contributed by atoms with E-state index in [0.29, 0.717) is 12.0 Å². The first-order chi connectivity index (χ1) is 10.3. The summed E-state index contributed by atoms with van der Waals surface area (Å²) in [4.78, 5) is 1.47. The van der Waals surface area contributed by atoms with Crippen LogP contribution in [0.15, 0.2) is 53.4 Å². The molecule has 2 aromatic rings. The van der Waals surface area contributed by atoms with Crippen LogP contribution in [-0.4, -0.2) is 18.3 Å². The Morgan fingerprint density at radius 1 is 1.14 bits per heavy atom. The SMILES string of the molecule is CCNC(Cc1ccc(C)cc1)C1CSc2ccccc21. The summed E-state index contributed by atoms with van der Waals surface area (Å²) in [5.74, 6) is 1.82. The monoisotopic (exact) mass is 297 g/mol. The van der Waals surface area contributed by atoms with Crippen molar-refractivity contribution in [1.82, 2.24) is 5.32 Å². The van der Waals surface area contributed by atoms with Crippen molar-refractivity contribution in [3.63, 3.8) is 0 Å². The van der Waals surface area contributed by atoms with Gasteiger partial charge >= 0.3 is 0 Å². The minimum atomic E-state index is 0.522. The van der Waals surface area contributed by atoms with Crippen molar-refractivity contribution in [2.24, 2.45) is 0 Å². The van der Waals surface area contributed by atoms with Crippen molar-refractivity contribution < 1.29 is 0 Å². The molecule has 1 heterocycles. The topological polar surface area (TPSA) is 12.0 Å². The molecule has 1 N–H and O–H groups in total. The van der Waals surface area contributed by atoms with Gasteiger partial charge in [0.1, 0.15) is 0 Å². The lowest BCUT2D eigenvalue weighted by Crippen LogP contribution is -2.37. The lowest BCUT2D eigenvalue weighted by molar-refractivity contribution is 0.463. The zero-order chi connectivity index (χ0) is 14.7. The van der Waals surface area contributed by atoms with Gasteiger partial charge in [0.15, 0.2) is 0 Å². The maximum Gasteiger partial charge on any atom is 0.0184 e. The number of aryl methyl sites for hydroxylation is 1. The highest BCUT2D eigenvalue weighted by atomic mass is 32.2. The summed E-state index contributed by atoms with van der Waals surface area (Å²) < 4.78 is 0. The number of benzene rings is 2. The van der Waals surface area contributed by atoms with Crippen LogP contribution in [0.25, 0.3) is 0 Å². The molecule has 0 bridgehead atoms. The Morgan fingerprint density at radius 3 is 2.67 bits per heavy atom. The highest BCUT2D eigenvalue weighted by Gasteiger charge is 2.29. The molecule has 1 aliphatic rings. The molecule has 21 heavy (non-hydrogen) atoms. The van der Waals surface area contributed by atoms with Crippen molar-refractivity contribution in [3.8, 4) is 0 Å². The van der Waals surface area contributed by atoms with Gasteiger partial charge in [-0.2, -0.15) is 0 Å². The summed E-state index contributed by atoms with van der Waals surface area (Å²) in [5, 5.41) is 3.72. The van der Waals surface area contributed by atoms with Gasteiger partial charge < -0.3 is 5.32 Å². The lowest BCUT2D eigenvalue weighted by atomic mass is 9.89. The normalized spacial score (nSPS) is 18.5. The Morgan fingerprint density at radius 2 is 1.90 bits per heavy atom. The fourth-order valence-corrected chi connectivity index (χ4v) is 4.45. The molecule has 0 aromatic heterocycles. The minimum Gasteiger partial charge on any atom is -0.313 e. The van der Waals surface area contributed by atoms with Crippen molar-refractivity contribution in [1.29, 1.82) is 0 Å². The highest BCUT2D eigenvalue weighted by Crippen LogP contribution is 2.41. The largest absolute Gasteiger partial charge is 0.313 e. The number of hydrogen-bond acceptors (Lipinski definition) is 2. The molecule has 1 aliphatic heterocycles. The van der Waals surface area contributed by atoms with E-state index in [9.17, 15) is 0 Å². The number of likely N-dealkylation sites (N-methyl/N-ethyl adjacent to an activating group) is 1. The standard InChI is InChI=1S/C19H23NS/c1-3-20-18(12-15-10-8-14(2)9-11-15)17-13-21-19-7-5-4-6-16(17)19/h4-11,17-18,20H,3,12-13H2,1-2H3. The Hall–Kier alpha value is -1.25. The lowest BCUT2D eigenvalue weighted by Gasteiger charge is -2.25. The zero-order valence-electron chi connectivity index (χ0n) is 12.8. The summed E-state index contributed by atoms with van der Waals surface area (Å²) in [6.07, 6.45) is 1.10. The summed E-state index contributed by atoms with van der Waals surface area (Å²) in [5.41, 5.74) is 4.29. The molecule has 2 unspecified atom stereocenters. The van der Waals surface area contributed by atoms with E-state index in [0.717, 1.165) is 13.0 Å². The summed E-state index contributed by atoms with van der Waals surface area (Å²) in [7, 11) is 0. The van der Waals surface area contributed by atoms with E-state index in [1.807, 2.05) is 11.8 Å². The van der Waals surface area contributed by atoms with Gasteiger partial charge in [-0.15, -0.1) is 11.8 Å². The van der Waals surface area contributed by atoms with Gasteiger partial charge in [0, 0.05) is 22.6 Å². The van der Waals surface area contributed by atoms with Crippen molar-refractivity contribution in [2.45, 2.75) is 37.1 Å². The second-order valence-electron chi connectivity index (χ2n) is 5.81. The van der Waals surface area contributed by atoms with Crippen LogP contribution < -0.4 is 5.32 Å². The van der Waals surface area contributed by atoms with Crippen LogP contribution in [-0.2, 0) is 6.42 Å². The van der Waals surface area contributed by atoms with Crippen molar-refractivity contribution in [2.75, 3.05) is 12.3 Å². The second-order valence-corrected chi connectivity index (χ2v) is 6.87. The zero-order valence-corrected chi connectivity index (χ0v) is 13.6. The number of nitrogens with one attached hydrogen (secondary N) is 1. The van der Waals surface area contributed by atoms with E-state index in [2.05, 4.69) is 67.7 Å². The fourth-order valence-electron chi connectivity index (χ4n) is 3.12. The van der Waals surface area contributed by atoms with Gasteiger partial charge in [-0.25, -0.2) is 0 Å². The Kier molecular flexibility index (Phi) is 4.67. The number of thioether (sulfide) groups is 1. The van der Waals surface area contributed by atoms with Crippen LogP contribution >= 0.6 is 11.8 Å². The van der Waals surface area contributed by atoms with E-state index in [1.54, 1.807) is 0 Å².